The maximum absolute atomic E-state index is 8.97. The van der Waals surface area contributed by atoms with Crippen LogP contribution in [0.1, 0.15) is 20.8 Å². The highest BCUT2D eigenvalue weighted by molar-refractivity contribution is 4.74. The van der Waals surface area contributed by atoms with Gasteiger partial charge in [0, 0.05) is 18.4 Å². The first-order valence-corrected chi connectivity index (χ1v) is 4.53. The highest BCUT2D eigenvalue weighted by Crippen LogP contribution is 2.23. The third kappa shape index (κ3) is 2.19. The predicted octanol–water partition coefficient (Wildman–Crippen LogP) is 1.01. The first-order valence-electron chi connectivity index (χ1n) is 4.53. The summed E-state index contributed by atoms with van der Waals surface area (Å²) in [6.07, 6.45) is 0.0129. The lowest BCUT2D eigenvalue weighted by molar-refractivity contribution is -0.238. The van der Waals surface area contributed by atoms with Gasteiger partial charge in [0.05, 0.1) is 12.7 Å². The Bertz CT molecular complexity index is 134. The monoisotopic (exact) mass is 174 g/mol. The number of aliphatic hydroxyl groups excluding tert-OH is 1. The van der Waals surface area contributed by atoms with E-state index in [-0.39, 0.29) is 24.9 Å². The van der Waals surface area contributed by atoms with Crippen LogP contribution in [0.5, 0.6) is 0 Å². The molecule has 0 saturated carbocycles. The van der Waals surface area contributed by atoms with Crippen molar-refractivity contribution in [3.05, 3.63) is 0 Å². The molecule has 1 N–H and O–H groups in total. The van der Waals surface area contributed by atoms with Crippen LogP contribution in [0.15, 0.2) is 0 Å². The van der Waals surface area contributed by atoms with Gasteiger partial charge in [-0.3, -0.25) is 0 Å². The van der Waals surface area contributed by atoms with Crippen LogP contribution < -0.4 is 0 Å². The predicted molar refractivity (Wildman–Crippen MR) is 45.7 cm³/mol. The summed E-state index contributed by atoms with van der Waals surface area (Å²) in [5, 5.41) is 8.97. The molecule has 4 atom stereocenters. The van der Waals surface area contributed by atoms with E-state index >= 15 is 0 Å². The number of hydrogen-bond donors (Lipinski definition) is 1. The molecule has 12 heavy (non-hydrogen) atoms. The molecular formula is C9H18O3. The molecule has 1 saturated heterocycles. The Kier molecular flexibility index (Phi) is 3.50. The van der Waals surface area contributed by atoms with Gasteiger partial charge in [-0.05, 0) is 6.92 Å². The van der Waals surface area contributed by atoms with Gasteiger partial charge in [-0.25, -0.2) is 0 Å². The van der Waals surface area contributed by atoms with Gasteiger partial charge < -0.3 is 14.6 Å². The lowest BCUT2D eigenvalue weighted by atomic mass is 9.94. The maximum atomic E-state index is 8.97. The second-order valence-electron chi connectivity index (χ2n) is 3.64. The second kappa shape index (κ2) is 4.21. The van der Waals surface area contributed by atoms with Crippen LogP contribution >= 0.6 is 0 Å². The summed E-state index contributed by atoms with van der Waals surface area (Å²) in [7, 11) is 0. The molecule has 0 aromatic heterocycles. The van der Waals surface area contributed by atoms with Crippen molar-refractivity contribution in [1.29, 1.82) is 0 Å². The van der Waals surface area contributed by atoms with Crippen LogP contribution in [-0.2, 0) is 9.47 Å². The Morgan fingerprint density at radius 1 is 1.50 bits per heavy atom. The van der Waals surface area contributed by atoms with E-state index in [1.807, 2.05) is 13.8 Å². The lowest BCUT2D eigenvalue weighted by Gasteiger charge is -2.36. The van der Waals surface area contributed by atoms with Gasteiger partial charge in [0.15, 0.2) is 6.29 Å². The number of rotatable bonds is 2. The largest absolute Gasteiger partial charge is 0.396 e. The Balaban J connectivity index is 2.48. The summed E-state index contributed by atoms with van der Waals surface area (Å²) < 4.78 is 10.9. The van der Waals surface area contributed by atoms with E-state index in [1.54, 1.807) is 0 Å². The summed E-state index contributed by atoms with van der Waals surface area (Å²) in [5.41, 5.74) is 0. The molecule has 0 aromatic carbocycles. The fourth-order valence-electron chi connectivity index (χ4n) is 1.58. The quantitative estimate of drug-likeness (QED) is 0.679. The summed E-state index contributed by atoms with van der Waals surface area (Å²) in [6, 6.07) is 0. The zero-order valence-electron chi connectivity index (χ0n) is 7.99. The SMILES string of the molecule is C[C@H]1OC[C@H](C)C([C@@H](C)CO)O1. The van der Waals surface area contributed by atoms with Crippen molar-refractivity contribution in [3.63, 3.8) is 0 Å². The van der Waals surface area contributed by atoms with Gasteiger partial charge in [0.2, 0.25) is 0 Å². The van der Waals surface area contributed by atoms with E-state index in [9.17, 15) is 0 Å². The van der Waals surface area contributed by atoms with Crippen LogP contribution in [0.2, 0.25) is 0 Å². The van der Waals surface area contributed by atoms with Gasteiger partial charge >= 0.3 is 0 Å². The van der Waals surface area contributed by atoms with E-state index < -0.39 is 0 Å². The van der Waals surface area contributed by atoms with Gasteiger partial charge in [-0.2, -0.15) is 0 Å². The number of aliphatic hydroxyl groups is 1. The van der Waals surface area contributed by atoms with E-state index in [4.69, 9.17) is 14.6 Å². The molecule has 1 unspecified atom stereocenters. The van der Waals surface area contributed by atoms with Gasteiger partial charge in [0.25, 0.3) is 0 Å². The zero-order chi connectivity index (χ0) is 9.14. The van der Waals surface area contributed by atoms with Crippen molar-refractivity contribution in [2.24, 2.45) is 11.8 Å². The number of hydrogen-bond acceptors (Lipinski definition) is 3. The molecule has 0 radical (unpaired) electrons. The molecule has 1 rings (SSSR count). The minimum Gasteiger partial charge on any atom is -0.396 e. The summed E-state index contributed by atoms with van der Waals surface area (Å²) in [4.78, 5) is 0. The zero-order valence-corrected chi connectivity index (χ0v) is 7.99. The second-order valence-corrected chi connectivity index (χ2v) is 3.64. The molecular weight excluding hydrogens is 156 g/mol. The molecule has 1 aliphatic rings. The standard InChI is InChI=1S/C9H18O3/c1-6(4-10)9-7(2)5-11-8(3)12-9/h6-10H,4-5H2,1-3H3/t6-,7-,8-,9?/m0/s1. The van der Waals surface area contributed by atoms with Crippen molar-refractivity contribution < 1.29 is 14.6 Å². The van der Waals surface area contributed by atoms with Crippen LogP contribution in [-0.4, -0.2) is 30.7 Å². The van der Waals surface area contributed by atoms with Crippen LogP contribution in [0.3, 0.4) is 0 Å². The lowest BCUT2D eigenvalue weighted by Crippen LogP contribution is -2.42. The topological polar surface area (TPSA) is 38.7 Å². The smallest absolute Gasteiger partial charge is 0.155 e. The maximum Gasteiger partial charge on any atom is 0.155 e. The first-order chi connectivity index (χ1) is 5.65. The fourth-order valence-corrected chi connectivity index (χ4v) is 1.58. The Labute approximate surface area is 73.7 Å². The average Bonchev–Trinajstić information content (AvgIpc) is 2.08. The van der Waals surface area contributed by atoms with Crippen LogP contribution in [0.25, 0.3) is 0 Å². The Morgan fingerprint density at radius 2 is 2.17 bits per heavy atom. The Morgan fingerprint density at radius 3 is 2.75 bits per heavy atom. The molecule has 0 aromatic rings. The summed E-state index contributed by atoms with van der Waals surface area (Å²) >= 11 is 0. The molecule has 1 fully saturated rings. The van der Waals surface area contributed by atoms with E-state index in [1.165, 1.54) is 0 Å². The highest BCUT2D eigenvalue weighted by atomic mass is 16.7. The van der Waals surface area contributed by atoms with Gasteiger partial charge in [-0.15, -0.1) is 0 Å². The molecule has 0 aliphatic carbocycles. The molecule has 72 valence electrons. The summed E-state index contributed by atoms with van der Waals surface area (Å²) in [5.74, 6) is 0.578. The molecule has 3 nitrogen and oxygen atoms in total. The van der Waals surface area contributed by atoms with Gasteiger partial charge in [0.1, 0.15) is 0 Å². The molecule has 1 heterocycles. The first kappa shape index (κ1) is 9.96. The van der Waals surface area contributed by atoms with Crippen molar-refractivity contribution in [3.8, 4) is 0 Å². The third-order valence-electron chi connectivity index (χ3n) is 2.35. The van der Waals surface area contributed by atoms with E-state index in [0.717, 1.165) is 6.61 Å². The van der Waals surface area contributed by atoms with Crippen molar-refractivity contribution in [2.45, 2.75) is 33.2 Å². The number of ether oxygens (including phenoxy) is 2. The van der Waals surface area contributed by atoms with Crippen LogP contribution in [0, 0.1) is 11.8 Å². The minimum absolute atomic E-state index is 0.125. The molecule has 0 spiro atoms. The minimum atomic E-state index is -0.125. The van der Waals surface area contributed by atoms with Crippen molar-refractivity contribution >= 4 is 0 Å². The molecule has 0 bridgehead atoms. The van der Waals surface area contributed by atoms with Gasteiger partial charge in [-0.1, -0.05) is 13.8 Å². The average molecular weight is 174 g/mol. The summed E-state index contributed by atoms with van der Waals surface area (Å²) in [6.45, 7) is 6.89. The Hall–Kier alpha value is -0.120. The third-order valence-corrected chi connectivity index (χ3v) is 2.35. The molecule has 3 heteroatoms. The normalized spacial score (nSPS) is 39.5. The fraction of sp³-hybridized carbons (Fsp3) is 1.00. The molecule has 0 amide bonds. The highest BCUT2D eigenvalue weighted by Gasteiger charge is 2.30. The van der Waals surface area contributed by atoms with Crippen LogP contribution in [0.4, 0.5) is 0 Å². The van der Waals surface area contributed by atoms with Crippen molar-refractivity contribution in [2.75, 3.05) is 13.2 Å². The molecule has 1 aliphatic heterocycles. The van der Waals surface area contributed by atoms with Crippen molar-refractivity contribution in [1.82, 2.24) is 0 Å². The van der Waals surface area contributed by atoms with E-state index in [2.05, 4.69) is 6.92 Å². The van der Waals surface area contributed by atoms with E-state index in [0.29, 0.717) is 5.92 Å².